The van der Waals surface area contributed by atoms with E-state index in [0.29, 0.717) is 0 Å². The van der Waals surface area contributed by atoms with Gasteiger partial charge in [0.05, 0.1) is 0 Å². The molecule has 0 aromatic carbocycles. The van der Waals surface area contributed by atoms with E-state index in [0.717, 1.165) is 5.41 Å². The summed E-state index contributed by atoms with van der Waals surface area (Å²) in [6.07, 6.45) is 27.9. The van der Waals surface area contributed by atoms with Crippen molar-refractivity contribution in [3.05, 3.63) is 0 Å². The largest absolute Gasteiger partial charge is 0.0530 e. The molecular formula is C32H48. The molecule has 9 aliphatic rings. The summed E-state index contributed by atoms with van der Waals surface area (Å²) in [5.74, 6) is 16.6. The molecular weight excluding hydrogens is 384 g/mol. The van der Waals surface area contributed by atoms with Gasteiger partial charge in [-0.3, -0.25) is 0 Å². The van der Waals surface area contributed by atoms with Crippen molar-refractivity contribution in [3.63, 3.8) is 0 Å². The van der Waals surface area contributed by atoms with E-state index in [2.05, 4.69) is 0 Å². The van der Waals surface area contributed by atoms with Gasteiger partial charge in [-0.25, -0.2) is 0 Å². The quantitative estimate of drug-likeness (QED) is 0.361. The molecule has 15 unspecified atom stereocenters. The second-order valence-electron chi connectivity index (χ2n) is 15.2. The summed E-state index contributed by atoms with van der Waals surface area (Å²) in [5, 5.41) is 0. The molecule has 0 N–H and O–H groups in total. The Hall–Kier alpha value is 0. The van der Waals surface area contributed by atoms with E-state index < -0.39 is 0 Å². The lowest BCUT2D eigenvalue weighted by Crippen LogP contribution is -2.66. The second kappa shape index (κ2) is 6.60. The molecule has 0 aromatic rings. The molecule has 9 aliphatic carbocycles. The molecule has 0 radical (unpaired) electrons. The Balaban J connectivity index is 1.28. The summed E-state index contributed by atoms with van der Waals surface area (Å²) >= 11 is 0. The number of rotatable bonds is 0. The van der Waals surface area contributed by atoms with Crippen LogP contribution in [0.3, 0.4) is 0 Å². The van der Waals surface area contributed by atoms with E-state index in [1.165, 1.54) is 82.9 Å². The van der Waals surface area contributed by atoms with Crippen LogP contribution in [-0.2, 0) is 0 Å². The van der Waals surface area contributed by atoms with Gasteiger partial charge in [0, 0.05) is 0 Å². The molecule has 15 atom stereocenters. The van der Waals surface area contributed by atoms with Crippen molar-refractivity contribution in [3.8, 4) is 0 Å². The number of hydrogen-bond donors (Lipinski definition) is 0. The summed E-state index contributed by atoms with van der Waals surface area (Å²) in [7, 11) is 0. The van der Waals surface area contributed by atoms with Crippen LogP contribution < -0.4 is 0 Å². The molecule has 0 saturated heterocycles. The Kier molecular flexibility index (Phi) is 3.97. The number of fused-ring (bicyclic) bond motifs is 7. The second-order valence-corrected chi connectivity index (χ2v) is 15.2. The number of hydrogen-bond acceptors (Lipinski definition) is 0. The fourth-order valence-corrected chi connectivity index (χ4v) is 15.6. The average molecular weight is 433 g/mol. The lowest BCUT2D eigenvalue weighted by atomic mass is 9.34. The summed E-state index contributed by atoms with van der Waals surface area (Å²) in [6.45, 7) is 0. The van der Waals surface area contributed by atoms with Crippen LogP contribution in [0.5, 0.6) is 0 Å². The molecule has 32 heavy (non-hydrogen) atoms. The maximum absolute atomic E-state index is 1.70. The van der Waals surface area contributed by atoms with Gasteiger partial charge in [0.2, 0.25) is 0 Å². The van der Waals surface area contributed by atoms with Gasteiger partial charge in [0.25, 0.3) is 0 Å². The van der Waals surface area contributed by atoms with E-state index >= 15 is 0 Å². The van der Waals surface area contributed by atoms with Crippen molar-refractivity contribution in [2.24, 2.45) is 88.3 Å². The van der Waals surface area contributed by atoms with Gasteiger partial charge in [-0.2, -0.15) is 0 Å². The highest BCUT2D eigenvalue weighted by molar-refractivity contribution is 5.25. The average Bonchev–Trinajstić information content (AvgIpc) is 3.52. The van der Waals surface area contributed by atoms with Gasteiger partial charge in [0.15, 0.2) is 0 Å². The first-order valence-corrected chi connectivity index (χ1v) is 15.9. The third kappa shape index (κ3) is 2.05. The summed E-state index contributed by atoms with van der Waals surface area (Å²) in [5.41, 5.74) is 0.859. The highest BCUT2D eigenvalue weighted by atomic mass is 14.8. The molecule has 9 rings (SSSR count). The van der Waals surface area contributed by atoms with Crippen LogP contribution in [0.15, 0.2) is 0 Å². The highest BCUT2D eigenvalue weighted by Crippen LogP contribution is 2.83. The van der Waals surface area contributed by atoms with E-state index in [4.69, 9.17) is 0 Å². The van der Waals surface area contributed by atoms with Crippen LogP contribution in [0.25, 0.3) is 0 Å². The van der Waals surface area contributed by atoms with Gasteiger partial charge in [0.1, 0.15) is 0 Å². The zero-order chi connectivity index (χ0) is 20.6. The van der Waals surface area contributed by atoms with Crippen LogP contribution in [0, 0.1) is 88.3 Å². The summed E-state index contributed by atoms with van der Waals surface area (Å²) < 4.78 is 0. The molecule has 9 fully saturated rings. The summed E-state index contributed by atoms with van der Waals surface area (Å²) in [6, 6.07) is 0. The first kappa shape index (κ1) is 19.2. The Labute approximate surface area is 197 Å². The molecule has 0 nitrogen and oxygen atoms in total. The highest BCUT2D eigenvalue weighted by Gasteiger charge is 2.77. The van der Waals surface area contributed by atoms with Crippen molar-refractivity contribution in [1.29, 1.82) is 0 Å². The molecule has 0 aromatic heterocycles. The van der Waals surface area contributed by atoms with Crippen LogP contribution in [0.1, 0.15) is 109 Å². The molecule has 0 heteroatoms. The normalized spacial score (nSPS) is 66.0. The van der Waals surface area contributed by atoms with E-state index in [-0.39, 0.29) is 0 Å². The monoisotopic (exact) mass is 432 g/mol. The Morgan fingerprint density at radius 3 is 1.94 bits per heavy atom. The fraction of sp³-hybridized carbons (Fsp3) is 1.00. The topological polar surface area (TPSA) is 0 Å². The molecule has 0 heterocycles. The van der Waals surface area contributed by atoms with Crippen molar-refractivity contribution in [2.75, 3.05) is 0 Å². The minimum absolute atomic E-state index is 0.859. The van der Waals surface area contributed by atoms with Gasteiger partial charge in [-0.15, -0.1) is 0 Å². The lowest BCUT2D eigenvalue weighted by molar-refractivity contribution is -0.231. The smallest absolute Gasteiger partial charge is 0.0168 e. The molecule has 0 aliphatic heterocycles. The fourth-order valence-electron chi connectivity index (χ4n) is 15.6. The van der Waals surface area contributed by atoms with Crippen molar-refractivity contribution in [1.82, 2.24) is 0 Å². The predicted octanol–water partition coefficient (Wildman–Crippen LogP) is 8.35. The first-order valence-electron chi connectivity index (χ1n) is 15.9. The van der Waals surface area contributed by atoms with E-state index in [1.807, 2.05) is 0 Å². The Morgan fingerprint density at radius 1 is 0.375 bits per heavy atom. The van der Waals surface area contributed by atoms with Crippen LogP contribution >= 0.6 is 0 Å². The minimum atomic E-state index is 0.859. The van der Waals surface area contributed by atoms with E-state index in [9.17, 15) is 0 Å². The lowest BCUT2D eigenvalue weighted by Gasteiger charge is -2.70. The zero-order valence-electron chi connectivity index (χ0n) is 20.6. The molecule has 9 saturated carbocycles. The predicted molar refractivity (Wildman–Crippen MR) is 130 cm³/mol. The molecule has 1 spiro atoms. The minimum Gasteiger partial charge on any atom is -0.0530 e. The zero-order valence-corrected chi connectivity index (χ0v) is 20.6. The van der Waals surface area contributed by atoms with E-state index in [1.54, 1.807) is 109 Å². The van der Waals surface area contributed by atoms with Crippen LogP contribution in [0.4, 0.5) is 0 Å². The Morgan fingerprint density at radius 2 is 1.00 bits per heavy atom. The molecule has 0 bridgehead atoms. The summed E-state index contributed by atoms with van der Waals surface area (Å²) in [4.78, 5) is 0. The Bertz CT molecular complexity index is 783. The molecule has 176 valence electrons. The van der Waals surface area contributed by atoms with Gasteiger partial charge < -0.3 is 0 Å². The van der Waals surface area contributed by atoms with Gasteiger partial charge in [-0.05, 0) is 152 Å². The third-order valence-electron chi connectivity index (χ3n) is 15.2. The van der Waals surface area contributed by atoms with Crippen molar-refractivity contribution < 1.29 is 0 Å². The SMILES string of the molecule is C1CCC2C(C1)C1CCC3CC4CCCC5C6CCCC6C6(C7CCCCC7C2C1C36)C45. The van der Waals surface area contributed by atoms with Crippen molar-refractivity contribution >= 4 is 0 Å². The van der Waals surface area contributed by atoms with Crippen molar-refractivity contribution in [2.45, 2.75) is 109 Å². The van der Waals surface area contributed by atoms with Crippen LogP contribution in [-0.4, -0.2) is 0 Å². The maximum Gasteiger partial charge on any atom is -0.0168 e. The van der Waals surface area contributed by atoms with Gasteiger partial charge >= 0.3 is 0 Å². The maximum atomic E-state index is 1.70. The van der Waals surface area contributed by atoms with Crippen LogP contribution in [0.2, 0.25) is 0 Å². The van der Waals surface area contributed by atoms with Gasteiger partial charge in [-0.1, -0.05) is 44.9 Å². The standard InChI is InChI=1S/C32H48/c1-2-9-22-20(8-1)23-16-15-19-17-18-7-5-12-24-21-11-6-14-26(21)32(30(18)24)27-13-4-3-10-25(27)28(22)29(23)31(19)32/h18-31H,1-17H2. The first-order chi connectivity index (χ1) is 15.9. The molecule has 0 amide bonds. The third-order valence-corrected chi connectivity index (χ3v) is 15.2.